The molecule has 0 fully saturated rings. The van der Waals surface area contributed by atoms with E-state index in [2.05, 4.69) is 4.99 Å². The van der Waals surface area contributed by atoms with Crippen LogP contribution in [0, 0.1) is 0 Å². The van der Waals surface area contributed by atoms with Gasteiger partial charge in [0.1, 0.15) is 5.84 Å². The van der Waals surface area contributed by atoms with Crippen LogP contribution < -0.4 is 11.5 Å². The predicted molar refractivity (Wildman–Crippen MR) is 59.2 cm³/mol. The third-order valence-electron chi connectivity index (χ3n) is 2.64. The molecule has 0 bridgehead atoms. The minimum atomic E-state index is -0.491. The smallest absolute Gasteiger partial charge is 0.252 e. The molecule has 0 atom stereocenters. The second-order valence-electron chi connectivity index (χ2n) is 3.80. The Bertz CT molecular complexity index is 452. The molecule has 4 nitrogen and oxygen atoms in total. The molecule has 0 aromatic carbocycles. The lowest BCUT2D eigenvalue weighted by Crippen LogP contribution is -2.25. The minimum Gasteiger partial charge on any atom is -0.383 e. The summed E-state index contributed by atoms with van der Waals surface area (Å²) < 4.78 is 0. The molecule has 0 radical (unpaired) electrons. The molecule has 1 aliphatic heterocycles. The monoisotopic (exact) mass is 203 g/mol. The van der Waals surface area contributed by atoms with Crippen LogP contribution in [0.5, 0.6) is 0 Å². The van der Waals surface area contributed by atoms with Gasteiger partial charge in [0, 0.05) is 0 Å². The predicted octanol–water partition coefficient (Wildman–Crippen LogP) is 0.416. The molecule has 78 valence electrons. The van der Waals surface area contributed by atoms with Crippen molar-refractivity contribution in [2.24, 2.45) is 16.5 Å². The van der Waals surface area contributed by atoms with E-state index in [0.717, 1.165) is 17.6 Å². The molecule has 0 aromatic rings. The highest BCUT2D eigenvalue weighted by atomic mass is 16.1. The van der Waals surface area contributed by atoms with Gasteiger partial charge in [0.25, 0.3) is 5.91 Å². The highest BCUT2D eigenvalue weighted by Gasteiger charge is 2.24. The number of hydrogen-bond acceptors (Lipinski definition) is 3. The molecular formula is C11H13N3O. The van der Waals surface area contributed by atoms with E-state index in [0.29, 0.717) is 12.1 Å². The quantitative estimate of drug-likeness (QED) is 0.681. The van der Waals surface area contributed by atoms with Crippen molar-refractivity contribution in [1.29, 1.82) is 0 Å². The van der Waals surface area contributed by atoms with E-state index in [1.54, 1.807) is 0 Å². The fourth-order valence-electron chi connectivity index (χ4n) is 1.88. The van der Waals surface area contributed by atoms with Crippen LogP contribution in [0.15, 0.2) is 39.4 Å². The Labute approximate surface area is 88.0 Å². The number of carbonyl (C=O) groups excluding carboxylic acids is 1. The molecule has 0 spiro atoms. The summed E-state index contributed by atoms with van der Waals surface area (Å²) in [6.07, 6.45) is 4.89. The maximum Gasteiger partial charge on any atom is 0.252 e. The van der Waals surface area contributed by atoms with Crippen molar-refractivity contribution in [1.82, 2.24) is 0 Å². The second kappa shape index (κ2) is 3.38. The van der Waals surface area contributed by atoms with E-state index < -0.39 is 5.91 Å². The first kappa shape index (κ1) is 9.71. The van der Waals surface area contributed by atoms with Gasteiger partial charge < -0.3 is 11.5 Å². The number of amidine groups is 1. The van der Waals surface area contributed by atoms with Crippen molar-refractivity contribution < 1.29 is 4.79 Å². The van der Waals surface area contributed by atoms with Gasteiger partial charge in [-0.3, -0.25) is 9.79 Å². The van der Waals surface area contributed by atoms with Crippen molar-refractivity contribution in [3.63, 3.8) is 0 Å². The molecule has 0 unspecified atom stereocenters. The minimum absolute atomic E-state index is 0.267. The number of carbonyl (C=O) groups is 1. The summed E-state index contributed by atoms with van der Waals surface area (Å²) in [7, 11) is 0. The highest BCUT2D eigenvalue weighted by molar-refractivity contribution is 6.22. The van der Waals surface area contributed by atoms with Gasteiger partial charge in [-0.05, 0) is 24.5 Å². The normalized spacial score (nSPS) is 20.2. The van der Waals surface area contributed by atoms with Crippen molar-refractivity contribution in [3.05, 3.63) is 34.4 Å². The molecule has 1 heterocycles. The Morgan fingerprint density at radius 1 is 1.47 bits per heavy atom. The summed E-state index contributed by atoms with van der Waals surface area (Å²) >= 11 is 0. The van der Waals surface area contributed by atoms with Gasteiger partial charge in [0.15, 0.2) is 0 Å². The zero-order chi connectivity index (χ0) is 11.0. The van der Waals surface area contributed by atoms with Gasteiger partial charge in [0.05, 0.1) is 12.1 Å². The number of nitrogens with two attached hydrogens (primary N) is 2. The van der Waals surface area contributed by atoms with Crippen LogP contribution in [0.2, 0.25) is 0 Å². The largest absolute Gasteiger partial charge is 0.383 e. The maximum atomic E-state index is 11.2. The molecule has 0 saturated heterocycles. The third kappa shape index (κ3) is 1.58. The molecule has 1 amide bonds. The van der Waals surface area contributed by atoms with Gasteiger partial charge in [-0.25, -0.2) is 0 Å². The molecular weight excluding hydrogens is 190 g/mol. The first-order chi connectivity index (χ1) is 7.09. The van der Waals surface area contributed by atoms with Crippen molar-refractivity contribution >= 4 is 11.7 Å². The zero-order valence-electron chi connectivity index (χ0n) is 8.58. The molecule has 1 aliphatic carbocycles. The van der Waals surface area contributed by atoms with E-state index in [1.807, 2.05) is 19.1 Å². The van der Waals surface area contributed by atoms with Crippen LogP contribution in [0.3, 0.4) is 0 Å². The molecule has 4 N–H and O–H groups in total. The summed E-state index contributed by atoms with van der Waals surface area (Å²) in [6, 6.07) is 0. The van der Waals surface area contributed by atoms with Crippen LogP contribution in [0.1, 0.15) is 13.3 Å². The van der Waals surface area contributed by atoms with Gasteiger partial charge in [-0.1, -0.05) is 17.7 Å². The summed E-state index contributed by atoms with van der Waals surface area (Å²) in [4.78, 5) is 15.3. The molecule has 2 rings (SSSR count). The SMILES string of the molecule is CC1=CC=C(C2=C(C(N)=O)C(N)=NC2)C1. The fourth-order valence-corrected chi connectivity index (χ4v) is 1.88. The van der Waals surface area contributed by atoms with Gasteiger partial charge in [-0.2, -0.15) is 0 Å². The van der Waals surface area contributed by atoms with E-state index in [4.69, 9.17) is 11.5 Å². The Morgan fingerprint density at radius 2 is 2.20 bits per heavy atom. The topological polar surface area (TPSA) is 81.5 Å². The zero-order valence-corrected chi connectivity index (χ0v) is 8.58. The average Bonchev–Trinajstić information content (AvgIpc) is 2.71. The second-order valence-corrected chi connectivity index (χ2v) is 3.80. The first-order valence-electron chi connectivity index (χ1n) is 4.79. The molecule has 0 aromatic heterocycles. The van der Waals surface area contributed by atoms with E-state index >= 15 is 0 Å². The lowest BCUT2D eigenvalue weighted by atomic mass is 9.99. The van der Waals surface area contributed by atoms with Gasteiger partial charge >= 0.3 is 0 Å². The number of allylic oxidation sites excluding steroid dienone is 3. The highest BCUT2D eigenvalue weighted by Crippen LogP contribution is 2.29. The molecule has 2 aliphatic rings. The number of hydrogen-bond donors (Lipinski definition) is 2. The molecule has 0 saturated carbocycles. The lowest BCUT2D eigenvalue weighted by Gasteiger charge is -2.06. The van der Waals surface area contributed by atoms with E-state index in [1.165, 1.54) is 5.57 Å². The number of aliphatic imine (C=N–C) groups is 1. The average molecular weight is 203 g/mol. The van der Waals surface area contributed by atoms with Crippen LogP contribution in [-0.4, -0.2) is 18.3 Å². The summed E-state index contributed by atoms with van der Waals surface area (Å²) in [5.74, 6) is -0.225. The number of primary amides is 1. The fraction of sp³-hybridized carbons (Fsp3) is 0.273. The Balaban J connectivity index is 2.35. The van der Waals surface area contributed by atoms with Crippen molar-refractivity contribution in [2.75, 3.05) is 6.54 Å². The molecule has 4 heteroatoms. The van der Waals surface area contributed by atoms with Crippen LogP contribution >= 0.6 is 0 Å². The van der Waals surface area contributed by atoms with Crippen molar-refractivity contribution in [3.8, 4) is 0 Å². The Kier molecular flexibility index (Phi) is 2.19. The third-order valence-corrected chi connectivity index (χ3v) is 2.64. The van der Waals surface area contributed by atoms with Crippen molar-refractivity contribution in [2.45, 2.75) is 13.3 Å². The standard InChI is InChI=1S/C11H13N3O/c1-6-2-3-7(4-6)8-5-14-10(12)9(8)11(13)15/h2-3H,4-5H2,1H3,(H2,12,14)(H2,13,15). The van der Waals surface area contributed by atoms with Gasteiger partial charge in [-0.15, -0.1) is 0 Å². The summed E-state index contributed by atoms with van der Waals surface area (Å²) in [6.45, 7) is 2.52. The summed E-state index contributed by atoms with van der Waals surface area (Å²) in [5.41, 5.74) is 14.5. The summed E-state index contributed by atoms with van der Waals surface area (Å²) in [5, 5.41) is 0. The first-order valence-corrected chi connectivity index (χ1v) is 4.79. The number of rotatable bonds is 2. The number of nitrogens with zero attached hydrogens (tertiary/aromatic N) is 1. The Hall–Kier alpha value is -1.84. The maximum absolute atomic E-state index is 11.2. The van der Waals surface area contributed by atoms with Gasteiger partial charge in [0.2, 0.25) is 0 Å². The van der Waals surface area contributed by atoms with Crippen LogP contribution in [0.25, 0.3) is 0 Å². The lowest BCUT2D eigenvalue weighted by molar-refractivity contribution is -0.114. The van der Waals surface area contributed by atoms with E-state index in [-0.39, 0.29) is 5.84 Å². The van der Waals surface area contributed by atoms with Crippen LogP contribution in [-0.2, 0) is 4.79 Å². The molecule has 15 heavy (non-hydrogen) atoms. The Morgan fingerprint density at radius 3 is 2.73 bits per heavy atom. The van der Waals surface area contributed by atoms with Crippen LogP contribution in [0.4, 0.5) is 0 Å². The number of amides is 1. The van der Waals surface area contributed by atoms with E-state index in [9.17, 15) is 4.79 Å².